The number of carbonyl (C=O) groups excluding carboxylic acids is 3. The van der Waals surface area contributed by atoms with E-state index in [0.29, 0.717) is 50.1 Å². The van der Waals surface area contributed by atoms with E-state index >= 15 is 0 Å². The molecule has 1 saturated carbocycles. The Hall–Kier alpha value is -1.96. The van der Waals surface area contributed by atoms with Gasteiger partial charge < -0.3 is 15.8 Å². The highest BCUT2D eigenvalue weighted by Gasteiger charge is 2.62. The molecule has 29 heavy (non-hydrogen) atoms. The van der Waals surface area contributed by atoms with E-state index in [9.17, 15) is 14.4 Å². The number of nitrogens with zero attached hydrogens (tertiary/aromatic N) is 1. The number of ether oxygens (including phenoxy) is 1. The molecule has 3 rings (SSSR count). The largest absolute Gasteiger partial charge is 0.378 e. The Bertz CT molecular complexity index is 763. The number of halogens is 1. The monoisotopic (exact) mass is 423 g/mol. The minimum Gasteiger partial charge on any atom is -0.378 e. The molecular formula is C21H30ClN3O4. The second-order valence-electron chi connectivity index (χ2n) is 8.11. The smallest absolute Gasteiger partial charge is 0.261 e. The summed E-state index contributed by atoms with van der Waals surface area (Å²) in [6.45, 7) is 7.24. The lowest BCUT2D eigenvalue weighted by atomic mass is 9.54. The Morgan fingerprint density at radius 1 is 1.21 bits per heavy atom. The molecule has 2 unspecified atom stereocenters. The van der Waals surface area contributed by atoms with Crippen molar-refractivity contribution in [2.45, 2.75) is 51.7 Å². The van der Waals surface area contributed by atoms with Crippen LogP contribution >= 0.6 is 12.4 Å². The van der Waals surface area contributed by atoms with Crippen LogP contribution in [0.1, 0.15) is 60.7 Å². The van der Waals surface area contributed by atoms with Crippen LogP contribution < -0.4 is 11.1 Å². The van der Waals surface area contributed by atoms with Gasteiger partial charge in [-0.2, -0.15) is 0 Å². The molecule has 160 valence electrons. The fraction of sp³-hybridized carbons (Fsp3) is 0.571. The second-order valence-corrected chi connectivity index (χ2v) is 8.11. The van der Waals surface area contributed by atoms with Crippen LogP contribution in [0.25, 0.3) is 0 Å². The first-order valence-electron chi connectivity index (χ1n) is 9.88. The van der Waals surface area contributed by atoms with Crippen molar-refractivity contribution in [1.29, 1.82) is 0 Å². The first-order chi connectivity index (χ1) is 13.2. The summed E-state index contributed by atoms with van der Waals surface area (Å²) < 4.78 is 5.66. The average Bonchev–Trinajstić information content (AvgIpc) is 2.92. The van der Waals surface area contributed by atoms with E-state index in [1.807, 2.05) is 20.8 Å². The van der Waals surface area contributed by atoms with Crippen LogP contribution in [0.3, 0.4) is 0 Å². The van der Waals surface area contributed by atoms with Crippen LogP contribution in [0.5, 0.6) is 0 Å². The molecule has 7 nitrogen and oxygen atoms in total. The summed E-state index contributed by atoms with van der Waals surface area (Å²) in [5.41, 5.74) is 5.92. The van der Waals surface area contributed by atoms with Gasteiger partial charge in [0.1, 0.15) is 5.54 Å². The molecule has 1 aliphatic heterocycles. The molecule has 1 fully saturated rings. The van der Waals surface area contributed by atoms with E-state index in [1.165, 1.54) is 4.90 Å². The number of rotatable bonds is 8. The number of amides is 3. The van der Waals surface area contributed by atoms with Gasteiger partial charge in [0.15, 0.2) is 0 Å². The molecule has 0 aromatic heterocycles. The van der Waals surface area contributed by atoms with Crippen LogP contribution in [0.2, 0.25) is 0 Å². The molecule has 2 atom stereocenters. The predicted molar refractivity (Wildman–Crippen MR) is 112 cm³/mol. The van der Waals surface area contributed by atoms with Crippen LogP contribution in [0.4, 0.5) is 0 Å². The number of nitrogens with one attached hydrogen (secondary N) is 1. The molecule has 1 aromatic carbocycles. The van der Waals surface area contributed by atoms with Crippen molar-refractivity contribution in [1.82, 2.24) is 10.2 Å². The number of hydrogen-bond acceptors (Lipinski definition) is 5. The van der Waals surface area contributed by atoms with Crippen LogP contribution in [-0.4, -0.2) is 54.0 Å². The minimum atomic E-state index is -0.935. The standard InChI is InChI=1S/C21H29N3O4.ClH/c1-4-28-16-13-21(22,20(16,2)3)19(27)23-11-7-8-12-24-17(25)14-9-5-6-10-15(14)18(24)26;/h5-6,9-10,16H,4,7-8,11-13,22H2,1-3H3,(H,23,27);1H. The number of benzene rings is 1. The maximum Gasteiger partial charge on any atom is 0.261 e. The van der Waals surface area contributed by atoms with E-state index in [-0.39, 0.29) is 36.2 Å². The normalized spacial score (nSPS) is 24.6. The third-order valence-electron chi connectivity index (χ3n) is 6.21. The van der Waals surface area contributed by atoms with E-state index in [4.69, 9.17) is 10.5 Å². The van der Waals surface area contributed by atoms with Gasteiger partial charge in [0.2, 0.25) is 5.91 Å². The summed E-state index contributed by atoms with van der Waals surface area (Å²) in [4.78, 5) is 38.5. The summed E-state index contributed by atoms with van der Waals surface area (Å²) >= 11 is 0. The first-order valence-corrected chi connectivity index (χ1v) is 9.88. The zero-order valence-corrected chi connectivity index (χ0v) is 18.0. The molecule has 0 saturated heterocycles. The molecular weight excluding hydrogens is 394 g/mol. The fourth-order valence-corrected chi connectivity index (χ4v) is 4.02. The zero-order valence-electron chi connectivity index (χ0n) is 17.2. The quantitative estimate of drug-likeness (QED) is 0.492. The number of nitrogens with two attached hydrogens (primary N) is 1. The Morgan fingerprint density at radius 3 is 2.31 bits per heavy atom. The molecule has 1 heterocycles. The van der Waals surface area contributed by atoms with Crippen molar-refractivity contribution < 1.29 is 19.1 Å². The van der Waals surface area contributed by atoms with Gasteiger partial charge in [-0.15, -0.1) is 12.4 Å². The molecule has 8 heteroatoms. The van der Waals surface area contributed by atoms with Gasteiger partial charge in [-0.3, -0.25) is 19.3 Å². The fourth-order valence-electron chi connectivity index (χ4n) is 4.02. The lowest BCUT2D eigenvalue weighted by Gasteiger charge is -2.57. The van der Waals surface area contributed by atoms with Gasteiger partial charge in [0.05, 0.1) is 17.2 Å². The van der Waals surface area contributed by atoms with Gasteiger partial charge in [-0.05, 0) is 31.9 Å². The molecule has 2 aliphatic rings. The molecule has 0 radical (unpaired) electrons. The highest BCUT2D eigenvalue weighted by Crippen LogP contribution is 2.49. The predicted octanol–water partition coefficient (Wildman–Crippen LogP) is 2.13. The highest BCUT2D eigenvalue weighted by molar-refractivity contribution is 6.21. The summed E-state index contributed by atoms with van der Waals surface area (Å²) in [6, 6.07) is 6.85. The lowest BCUT2D eigenvalue weighted by molar-refractivity contribution is -0.170. The van der Waals surface area contributed by atoms with Crippen molar-refractivity contribution >= 4 is 30.1 Å². The third kappa shape index (κ3) is 3.91. The molecule has 0 bridgehead atoms. The molecule has 3 amide bonds. The maximum absolute atomic E-state index is 12.6. The van der Waals surface area contributed by atoms with Crippen molar-refractivity contribution in [3.8, 4) is 0 Å². The molecule has 1 aromatic rings. The summed E-state index contributed by atoms with van der Waals surface area (Å²) in [5, 5.41) is 2.90. The van der Waals surface area contributed by atoms with Gasteiger partial charge in [0, 0.05) is 31.5 Å². The number of hydrogen-bond donors (Lipinski definition) is 2. The Labute approximate surface area is 177 Å². The van der Waals surface area contributed by atoms with Gasteiger partial charge in [-0.25, -0.2) is 0 Å². The Kier molecular flexibility index (Phi) is 7.09. The van der Waals surface area contributed by atoms with Crippen molar-refractivity contribution in [3.05, 3.63) is 35.4 Å². The number of unbranched alkanes of at least 4 members (excludes halogenated alkanes) is 1. The number of carbonyl (C=O) groups is 3. The van der Waals surface area contributed by atoms with E-state index < -0.39 is 11.0 Å². The van der Waals surface area contributed by atoms with Crippen molar-refractivity contribution in [2.75, 3.05) is 19.7 Å². The summed E-state index contributed by atoms with van der Waals surface area (Å²) in [7, 11) is 0. The van der Waals surface area contributed by atoms with Crippen LogP contribution in [0, 0.1) is 5.41 Å². The van der Waals surface area contributed by atoms with Gasteiger partial charge >= 0.3 is 0 Å². The van der Waals surface area contributed by atoms with Crippen molar-refractivity contribution in [3.63, 3.8) is 0 Å². The lowest BCUT2D eigenvalue weighted by Crippen LogP contribution is -2.75. The highest BCUT2D eigenvalue weighted by atomic mass is 35.5. The van der Waals surface area contributed by atoms with E-state index in [0.717, 1.165) is 0 Å². The number of fused-ring (bicyclic) bond motifs is 1. The van der Waals surface area contributed by atoms with E-state index in [1.54, 1.807) is 24.3 Å². The topological polar surface area (TPSA) is 102 Å². The summed E-state index contributed by atoms with van der Waals surface area (Å²) in [5.74, 6) is -0.665. The van der Waals surface area contributed by atoms with Crippen molar-refractivity contribution in [2.24, 2.45) is 11.1 Å². The van der Waals surface area contributed by atoms with Gasteiger partial charge in [-0.1, -0.05) is 26.0 Å². The first kappa shape index (κ1) is 23.3. The van der Waals surface area contributed by atoms with Crippen LogP contribution in [-0.2, 0) is 9.53 Å². The Balaban J connectivity index is 0.00000300. The third-order valence-corrected chi connectivity index (χ3v) is 6.21. The zero-order chi connectivity index (χ0) is 20.5. The van der Waals surface area contributed by atoms with Gasteiger partial charge in [0.25, 0.3) is 11.8 Å². The second kappa shape index (κ2) is 8.81. The van der Waals surface area contributed by atoms with Crippen LogP contribution in [0.15, 0.2) is 24.3 Å². The molecule has 0 spiro atoms. The molecule has 3 N–H and O–H groups in total. The maximum atomic E-state index is 12.6. The average molecular weight is 424 g/mol. The Morgan fingerprint density at radius 2 is 1.79 bits per heavy atom. The number of imide groups is 1. The minimum absolute atomic E-state index is 0. The molecule has 1 aliphatic carbocycles. The SMILES string of the molecule is CCOC1CC(N)(C(=O)NCCCCN2C(=O)c3ccccc3C2=O)C1(C)C.Cl. The summed E-state index contributed by atoms with van der Waals surface area (Å²) in [6.07, 6.45) is 1.77. The van der Waals surface area contributed by atoms with E-state index in [2.05, 4.69) is 5.32 Å².